The van der Waals surface area contributed by atoms with Crippen LogP contribution in [0.25, 0.3) is 0 Å². The lowest BCUT2D eigenvalue weighted by atomic mass is 10.2. The van der Waals surface area contributed by atoms with Crippen molar-refractivity contribution in [3.8, 4) is 0 Å². The van der Waals surface area contributed by atoms with Gasteiger partial charge in [-0.1, -0.05) is 11.6 Å². The van der Waals surface area contributed by atoms with Crippen LogP contribution in [0.2, 0.25) is 5.02 Å². The Morgan fingerprint density at radius 2 is 1.73 bits per heavy atom. The molecule has 0 aliphatic carbocycles. The molecule has 2 aromatic rings. The van der Waals surface area contributed by atoms with Crippen LogP contribution < -0.4 is 10.2 Å². The second-order valence-electron chi connectivity index (χ2n) is 5.60. The molecule has 3 rings (SSSR count). The highest BCUT2D eigenvalue weighted by molar-refractivity contribution is 6.30. The van der Waals surface area contributed by atoms with E-state index in [4.69, 9.17) is 11.6 Å². The fourth-order valence-electron chi connectivity index (χ4n) is 2.58. The van der Waals surface area contributed by atoms with Crippen LogP contribution in [0, 0.1) is 17.5 Å². The third-order valence-electron chi connectivity index (χ3n) is 3.88. The molecule has 0 radical (unpaired) electrons. The molecule has 1 aliphatic heterocycles. The van der Waals surface area contributed by atoms with Gasteiger partial charge in [-0.15, -0.1) is 0 Å². The van der Waals surface area contributed by atoms with Crippen molar-refractivity contribution in [2.75, 3.05) is 29.9 Å². The third kappa shape index (κ3) is 3.60. The first kappa shape index (κ1) is 18.1. The number of amides is 3. The Bertz CT molecular complexity index is 861. The summed E-state index contributed by atoms with van der Waals surface area (Å²) in [7, 11) is 0. The van der Waals surface area contributed by atoms with Crippen molar-refractivity contribution in [2.24, 2.45) is 0 Å². The molecule has 9 heteroatoms. The monoisotopic (exact) mass is 383 g/mol. The lowest BCUT2D eigenvalue weighted by Crippen LogP contribution is -2.37. The fraction of sp³-hybridized carbons (Fsp3) is 0.176. The van der Waals surface area contributed by atoms with Crippen LogP contribution in [0.4, 0.5) is 29.3 Å². The first-order valence-electron chi connectivity index (χ1n) is 7.62. The van der Waals surface area contributed by atoms with E-state index >= 15 is 0 Å². The van der Waals surface area contributed by atoms with Gasteiger partial charge < -0.3 is 10.2 Å². The van der Waals surface area contributed by atoms with Gasteiger partial charge in [0.2, 0.25) is 5.91 Å². The SMILES string of the molecule is O=C(CN1CCN(c2ccc(Cl)cc2)C1=O)Nc1ccc(F)c(F)c1F. The maximum atomic E-state index is 13.6. The van der Waals surface area contributed by atoms with Crippen LogP contribution in [0.3, 0.4) is 0 Å². The molecule has 2 aromatic carbocycles. The second kappa shape index (κ2) is 7.25. The van der Waals surface area contributed by atoms with E-state index in [1.165, 1.54) is 9.80 Å². The maximum absolute atomic E-state index is 13.6. The number of halogens is 4. The number of carbonyl (C=O) groups is 2. The molecule has 0 bridgehead atoms. The topological polar surface area (TPSA) is 52.7 Å². The summed E-state index contributed by atoms with van der Waals surface area (Å²) < 4.78 is 39.7. The van der Waals surface area contributed by atoms with Crippen molar-refractivity contribution >= 4 is 34.9 Å². The Morgan fingerprint density at radius 3 is 2.42 bits per heavy atom. The molecule has 26 heavy (non-hydrogen) atoms. The standard InChI is InChI=1S/C17H13ClF3N3O2/c18-10-1-3-11(4-2-10)24-8-7-23(17(24)26)9-14(25)22-13-6-5-12(19)15(20)16(13)21/h1-6H,7-9H2,(H,22,25). The number of hydrogen-bond acceptors (Lipinski definition) is 2. The summed E-state index contributed by atoms with van der Waals surface area (Å²) in [5.74, 6) is -5.24. The summed E-state index contributed by atoms with van der Waals surface area (Å²) in [6, 6.07) is 7.88. The number of nitrogens with one attached hydrogen (secondary N) is 1. The first-order valence-corrected chi connectivity index (χ1v) is 8.00. The number of nitrogens with zero attached hydrogens (tertiary/aromatic N) is 2. The van der Waals surface area contributed by atoms with Gasteiger partial charge in [0.05, 0.1) is 5.69 Å². The van der Waals surface area contributed by atoms with E-state index in [-0.39, 0.29) is 13.1 Å². The number of carbonyl (C=O) groups excluding carboxylic acids is 2. The lowest BCUT2D eigenvalue weighted by Gasteiger charge is -2.18. The average molecular weight is 384 g/mol. The number of hydrogen-bond donors (Lipinski definition) is 1. The molecule has 1 heterocycles. The van der Waals surface area contributed by atoms with Crippen molar-refractivity contribution < 1.29 is 22.8 Å². The number of rotatable bonds is 4. The van der Waals surface area contributed by atoms with E-state index < -0.39 is 35.1 Å². The summed E-state index contributed by atoms with van der Waals surface area (Å²) in [5.41, 5.74) is 0.143. The van der Waals surface area contributed by atoms with E-state index in [1.807, 2.05) is 0 Å². The molecular formula is C17H13ClF3N3O2. The predicted octanol–water partition coefficient (Wildman–Crippen LogP) is 3.64. The van der Waals surface area contributed by atoms with Crippen LogP contribution in [-0.4, -0.2) is 36.5 Å². The predicted molar refractivity (Wildman–Crippen MR) is 90.7 cm³/mol. The molecule has 1 aliphatic rings. The lowest BCUT2D eigenvalue weighted by molar-refractivity contribution is -0.116. The highest BCUT2D eigenvalue weighted by Gasteiger charge is 2.31. The van der Waals surface area contributed by atoms with Crippen molar-refractivity contribution in [3.63, 3.8) is 0 Å². The number of benzene rings is 2. The molecule has 5 nitrogen and oxygen atoms in total. The van der Waals surface area contributed by atoms with Crippen LogP contribution >= 0.6 is 11.6 Å². The van der Waals surface area contributed by atoms with Gasteiger partial charge in [0.25, 0.3) is 0 Å². The number of anilines is 2. The van der Waals surface area contributed by atoms with Crippen molar-refractivity contribution in [1.29, 1.82) is 0 Å². The summed E-state index contributed by atoms with van der Waals surface area (Å²) >= 11 is 5.82. The van der Waals surface area contributed by atoms with Gasteiger partial charge >= 0.3 is 6.03 Å². The zero-order valence-electron chi connectivity index (χ0n) is 13.3. The Kier molecular flexibility index (Phi) is 5.03. The van der Waals surface area contributed by atoms with E-state index in [1.54, 1.807) is 24.3 Å². The first-order chi connectivity index (χ1) is 12.4. The van der Waals surface area contributed by atoms with Gasteiger partial charge in [0.15, 0.2) is 17.5 Å². The highest BCUT2D eigenvalue weighted by atomic mass is 35.5. The van der Waals surface area contributed by atoms with E-state index in [0.717, 1.165) is 6.07 Å². The van der Waals surface area contributed by atoms with Crippen molar-refractivity contribution in [3.05, 3.63) is 58.9 Å². The Morgan fingerprint density at radius 1 is 1.04 bits per heavy atom. The highest BCUT2D eigenvalue weighted by Crippen LogP contribution is 2.23. The van der Waals surface area contributed by atoms with Gasteiger partial charge in [0, 0.05) is 23.8 Å². The van der Waals surface area contributed by atoms with Gasteiger partial charge in [-0.3, -0.25) is 9.69 Å². The zero-order valence-corrected chi connectivity index (χ0v) is 14.1. The minimum atomic E-state index is -1.67. The molecule has 136 valence electrons. The summed E-state index contributed by atoms with van der Waals surface area (Å²) in [6.07, 6.45) is 0. The smallest absolute Gasteiger partial charge is 0.322 e. The molecule has 0 atom stereocenters. The third-order valence-corrected chi connectivity index (χ3v) is 4.13. The molecule has 0 spiro atoms. The molecule has 0 unspecified atom stereocenters. The molecule has 1 N–H and O–H groups in total. The molecule has 1 saturated heterocycles. The summed E-state index contributed by atoms with van der Waals surface area (Å²) in [5, 5.41) is 2.67. The zero-order chi connectivity index (χ0) is 18.8. The van der Waals surface area contributed by atoms with Gasteiger partial charge in [-0.05, 0) is 36.4 Å². The van der Waals surface area contributed by atoms with Crippen LogP contribution in [-0.2, 0) is 4.79 Å². The fourth-order valence-corrected chi connectivity index (χ4v) is 2.70. The quantitative estimate of drug-likeness (QED) is 0.820. The molecule has 0 saturated carbocycles. The van der Waals surface area contributed by atoms with Crippen LogP contribution in [0.5, 0.6) is 0 Å². The number of urea groups is 1. The largest absolute Gasteiger partial charge is 0.325 e. The van der Waals surface area contributed by atoms with Crippen LogP contribution in [0.15, 0.2) is 36.4 Å². The van der Waals surface area contributed by atoms with E-state index in [0.29, 0.717) is 23.3 Å². The van der Waals surface area contributed by atoms with Crippen molar-refractivity contribution in [2.45, 2.75) is 0 Å². The molecule has 3 amide bonds. The Balaban J connectivity index is 1.64. The summed E-state index contributed by atoms with van der Waals surface area (Å²) in [6.45, 7) is 0.309. The van der Waals surface area contributed by atoms with Gasteiger partial charge in [-0.25, -0.2) is 18.0 Å². The summed E-state index contributed by atoms with van der Waals surface area (Å²) in [4.78, 5) is 27.2. The molecule has 0 aromatic heterocycles. The minimum absolute atomic E-state index is 0.287. The Hall–Kier alpha value is -2.74. The Labute approximate surface area is 151 Å². The second-order valence-corrected chi connectivity index (χ2v) is 6.04. The molecule has 1 fully saturated rings. The minimum Gasteiger partial charge on any atom is -0.322 e. The van der Waals surface area contributed by atoms with Crippen molar-refractivity contribution in [1.82, 2.24) is 4.90 Å². The molecular weight excluding hydrogens is 371 g/mol. The average Bonchev–Trinajstić information content (AvgIpc) is 2.97. The normalized spacial score (nSPS) is 14.1. The van der Waals surface area contributed by atoms with Gasteiger partial charge in [-0.2, -0.15) is 0 Å². The van der Waals surface area contributed by atoms with E-state index in [9.17, 15) is 22.8 Å². The van der Waals surface area contributed by atoms with E-state index in [2.05, 4.69) is 5.32 Å². The maximum Gasteiger partial charge on any atom is 0.325 e. The van der Waals surface area contributed by atoms with Gasteiger partial charge in [0.1, 0.15) is 6.54 Å². The van der Waals surface area contributed by atoms with Crippen LogP contribution in [0.1, 0.15) is 0 Å².